The van der Waals surface area contributed by atoms with E-state index in [0.29, 0.717) is 0 Å². The number of benzene rings is 1. The first-order chi connectivity index (χ1) is 7.27. The highest BCUT2D eigenvalue weighted by molar-refractivity contribution is 5.89. The Hall–Kier alpha value is -1.55. The van der Waals surface area contributed by atoms with Gasteiger partial charge in [0.05, 0.1) is 0 Å². The maximum Gasteiger partial charge on any atom is 0.336 e. The Morgan fingerprint density at radius 3 is 2.60 bits per heavy atom. The van der Waals surface area contributed by atoms with Gasteiger partial charge in [0.1, 0.15) is 0 Å². The van der Waals surface area contributed by atoms with Crippen molar-refractivity contribution >= 4 is 11.7 Å². The molecule has 0 atom stereocenters. The SMILES string of the molecule is CN1CCCN1C(=O)Nc1ccccc1. The molecule has 1 saturated heterocycles. The van der Waals surface area contributed by atoms with E-state index < -0.39 is 0 Å². The zero-order chi connectivity index (χ0) is 10.7. The summed E-state index contributed by atoms with van der Waals surface area (Å²) in [5.74, 6) is 0. The van der Waals surface area contributed by atoms with Gasteiger partial charge >= 0.3 is 6.03 Å². The highest BCUT2D eigenvalue weighted by Gasteiger charge is 2.22. The first-order valence-electron chi connectivity index (χ1n) is 5.12. The second-order valence-corrected chi connectivity index (χ2v) is 3.65. The Labute approximate surface area is 89.5 Å². The largest absolute Gasteiger partial charge is 0.336 e. The molecule has 1 N–H and O–H groups in total. The van der Waals surface area contributed by atoms with Gasteiger partial charge in [-0.1, -0.05) is 18.2 Å². The molecule has 4 heteroatoms. The summed E-state index contributed by atoms with van der Waals surface area (Å²) in [6.45, 7) is 1.75. The fraction of sp³-hybridized carbons (Fsp3) is 0.364. The summed E-state index contributed by atoms with van der Waals surface area (Å²) in [5.41, 5.74) is 0.836. The van der Waals surface area contributed by atoms with Gasteiger partial charge in [0.15, 0.2) is 0 Å². The van der Waals surface area contributed by atoms with Gasteiger partial charge in [0.2, 0.25) is 0 Å². The molecule has 1 fully saturated rings. The minimum absolute atomic E-state index is 0.0544. The molecule has 2 rings (SSSR count). The molecule has 2 amide bonds. The van der Waals surface area contributed by atoms with Crippen molar-refractivity contribution in [1.82, 2.24) is 10.0 Å². The fourth-order valence-corrected chi connectivity index (χ4v) is 1.71. The molecular formula is C11H15N3O. The molecule has 1 aliphatic rings. The van der Waals surface area contributed by atoms with E-state index in [-0.39, 0.29) is 6.03 Å². The highest BCUT2D eigenvalue weighted by atomic mass is 16.2. The van der Waals surface area contributed by atoms with Crippen LogP contribution in [0.1, 0.15) is 6.42 Å². The lowest BCUT2D eigenvalue weighted by Gasteiger charge is -2.24. The van der Waals surface area contributed by atoms with E-state index in [0.717, 1.165) is 25.2 Å². The zero-order valence-electron chi connectivity index (χ0n) is 8.81. The lowest BCUT2D eigenvalue weighted by atomic mass is 10.3. The minimum atomic E-state index is -0.0544. The smallest absolute Gasteiger partial charge is 0.307 e. The van der Waals surface area contributed by atoms with Crippen LogP contribution in [0.15, 0.2) is 30.3 Å². The van der Waals surface area contributed by atoms with Crippen molar-refractivity contribution in [2.75, 3.05) is 25.5 Å². The summed E-state index contributed by atoms with van der Waals surface area (Å²) in [6, 6.07) is 9.45. The maximum atomic E-state index is 11.8. The van der Waals surface area contributed by atoms with Crippen LogP contribution in [0.25, 0.3) is 0 Å². The summed E-state index contributed by atoms with van der Waals surface area (Å²) in [4.78, 5) is 11.8. The third kappa shape index (κ3) is 2.27. The van der Waals surface area contributed by atoms with Gasteiger partial charge in [-0.05, 0) is 18.6 Å². The van der Waals surface area contributed by atoms with Crippen molar-refractivity contribution < 1.29 is 4.79 Å². The predicted molar refractivity (Wildman–Crippen MR) is 59.4 cm³/mol. The molecule has 80 valence electrons. The van der Waals surface area contributed by atoms with Crippen LogP contribution < -0.4 is 5.32 Å². The van der Waals surface area contributed by atoms with E-state index >= 15 is 0 Å². The monoisotopic (exact) mass is 205 g/mol. The Balaban J connectivity index is 1.98. The van der Waals surface area contributed by atoms with Gasteiger partial charge < -0.3 is 5.32 Å². The van der Waals surface area contributed by atoms with Crippen LogP contribution in [0.3, 0.4) is 0 Å². The van der Waals surface area contributed by atoms with Crippen LogP contribution in [0.2, 0.25) is 0 Å². The average molecular weight is 205 g/mol. The van der Waals surface area contributed by atoms with Crippen LogP contribution in [0.4, 0.5) is 10.5 Å². The number of hydrogen-bond donors (Lipinski definition) is 1. The molecule has 1 aromatic rings. The zero-order valence-corrected chi connectivity index (χ0v) is 8.81. The van der Waals surface area contributed by atoms with E-state index in [1.807, 2.05) is 42.4 Å². The van der Waals surface area contributed by atoms with Crippen molar-refractivity contribution in [2.24, 2.45) is 0 Å². The Bertz CT molecular complexity index is 339. The van der Waals surface area contributed by atoms with E-state index in [9.17, 15) is 4.79 Å². The Morgan fingerprint density at radius 2 is 2.00 bits per heavy atom. The minimum Gasteiger partial charge on any atom is -0.307 e. The van der Waals surface area contributed by atoms with Crippen molar-refractivity contribution in [3.63, 3.8) is 0 Å². The number of carbonyl (C=O) groups is 1. The number of urea groups is 1. The van der Waals surface area contributed by atoms with Crippen molar-refractivity contribution in [3.05, 3.63) is 30.3 Å². The lowest BCUT2D eigenvalue weighted by Crippen LogP contribution is -2.41. The topological polar surface area (TPSA) is 35.6 Å². The van der Waals surface area contributed by atoms with Gasteiger partial charge in [0.25, 0.3) is 0 Å². The molecular weight excluding hydrogens is 190 g/mol. The first-order valence-corrected chi connectivity index (χ1v) is 5.12. The number of carbonyl (C=O) groups excluding carboxylic acids is 1. The molecule has 1 aliphatic heterocycles. The second kappa shape index (κ2) is 4.31. The molecule has 0 aliphatic carbocycles. The molecule has 0 aromatic heterocycles. The van der Waals surface area contributed by atoms with Gasteiger partial charge in [-0.3, -0.25) is 5.01 Å². The van der Waals surface area contributed by atoms with Crippen LogP contribution in [-0.4, -0.2) is 36.2 Å². The standard InChI is InChI=1S/C11H15N3O/c1-13-8-5-9-14(13)11(15)12-10-6-3-2-4-7-10/h2-4,6-7H,5,8-9H2,1H3,(H,12,15). The summed E-state index contributed by atoms with van der Waals surface area (Å²) < 4.78 is 0. The van der Waals surface area contributed by atoms with Crippen LogP contribution >= 0.6 is 0 Å². The van der Waals surface area contributed by atoms with Crippen molar-refractivity contribution in [1.29, 1.82) is 0 Å². The normalized spacial score (nSPS) is 16.7. The van der Waals surface area contributed by atoms with Crippen LogP contribution in [-0.2, 0) is 0 Å². The number of amides is 2. The molecule has 4 nitrogen and oxygen atoms in total. The molecule has 0 saturated carbocycles. The summed E-state index contributed by atoms with van der Waals surface area (Å²) in [5, 5.41) is 6.53. The molecule has 0 unspecified atom stereocenters. The number of nitrogens with zero attached hydrogens (tertiary/aromatic N) is 2. The molecule has 15 heavy (non-hydrogen) atoms. The average Bonchev–Trinajstić information content (AvgIpc) is 2.66. The quantitative estimate of drug-likeness (QED) is 0.758. The van der Waals surface area contributed by atoms with E-state index in [2.05, 4.69) is 5.32 Å². The fourth-order valence-electron chi connectivity index (χ4n) is 1.71. The van der Waals surface area contributed by atoms with Crippen LogP contribution in [0, 0.1) is 0 Å². The molecule has 0 radical (unpaired) electrons. The predicted octanol–water partition coefficient (Wildman–Crippen LogP) is 1.77. The van der Waals surface area contributed by atoms with Gasteiger partial charge in [0, 0.05) is 25.8 Å². The lowest BCUT2D eigenvalue weighted by molar-refractivity contribution is 0.0978. The third-order valence-corrected chi connectivity index (χ3v) is 2.52. The van der Waals surface area contributed by atoms with Crippen LogP contribution in [0.5, 0.6) is 0 Å². The number of para-hydroxylation sites is 1. The van der Waals surface area contributed by atoms with Gasteiger partial charge in [-0.25, -0.2) is 9.80 Å². The molecule has 0 spiro atoms. The van der Waals surface area contributed by atoms with Gasteiger partial charge in [-0.15, -0.1) is 0 Å². The number of hydrazine groups is 1. The van der Waals surface area contributed by atoms with Crippen molar-refractivity contribution in [3.8, 4) is 0 Å². The number of nitrogens with one attached hydrogen (secondary N) is 1. The third-order valence-electron chi connectivity index (χ3n) is 2.52. The Morgan fingerprint density at radius 1 is 1.27 bits per heavy atom. The molecule has 1 aromatic carbocycles. The first kappa shape index (κ1) is 9.98. The Kier molecular flexibility index (Phi) is 2.87. The summed E-state index contributed by atoms with van der Waals surface area (Å²) in [7, 11) is 1.93. The van der Waals surface area contributed by atoms with E-state index in [4.69, 9.17) is 0 Å². The van der Waals surface area contributed by atoms with E-state index in [1.54, 1.807) is 5.01 Å². The van der Waals surface area contributed by atoms with Crippen molar-refractivity contribution in [2.45, 2.75) is 6.42 Å². The summed E-state index contributed by atoms with van der Waals surface area (Å²) >= 11 is 0. The van der Waals surface area contributed by atoms with Gasteiger partial charge in [-0.2, -0.15) is 0 Å². The highest BCUT2D eigenvalue weighted by Crippen LogP contribution is 2.11. The summed E-state index contributed by atoms with van der Waals surface area (Å²) in [6.07, 6.45) is 1.04. The van der Waals surface area contributed by atoms with E-state index in [1.165, 1.54) is 0 Å². The second-order valence-electron chi connectivity index (χ2n) is 3.65. The molecule has 0 bridgehead atoms. The number of rotatable bonds is 1. The number of anilines is 1. The number of hydrogen-bond acceptors (Lipinski definition) is 2. The maximum absolute atomic E-state index is 11.8. The molecule has 1 heterocycles.